The van der Waals surface area contributed by atoms with Crippen LogP contribution >= 0.6 is 0 Å². The van der Waals surface area contributed by atoms with Crippen LogP contribution in [0.2, 0.25) is 0 Å². The largest absolute Gasteiger partial charge is 0.460 e. The molecule has 1 fully saturated rings. The molecule has 36 heavy (non-hydrogen) atoms. The molecule has 0 saturated carbocycles. The highest BCUT2D eigenvalue weighted by atomic mass is 19.1. The summed E-state index contributed by atoms with van der Waals surface area (Å²) in [5, 5.41) is 3.00. The van der Waals surface area contributed by atoms with Gasteiger partial charge in [-0.05, 0) is 50.2 Å². The highest BCUT2D eigenvalue weighted by molar-refractivity contribution is 5.93. The number of benzene rings is 3. The Morgan fingerprint density at radius 3 is 2.64 bits per heavy atom. The van der Waals surface area contributed by atoms with Crippen molar-refractivity contribution in [1.29, 1.82) is 0 Å². The van der Waals surface area contributed by atoms with Gasteiger partial charge >= 0.3 is 0 Å². The van der Waals surface area contributed by atoms with E-state index in [1.807, 2.05) is 36.4 Å². The lowest BCUT2D eigenvalue weighted by Crippen LogP contribution is -2.38. The number of carbonyl (C=O) groups excluding carboxylic acids is 1. The number of hydrogen-bond donors (Lipinski definition) is 1. The van der Waals surface area contributed by atoms with Crippen LogP contribution in [0.3, 0.4) is 0 Å². The Bertz CT molecular complexity index is 1260. The molecule has 0 aliphatic carbocycles. The van der Waals surface area contributed by atoms with E-state index in [2.05, 4.69) is 10.2 Å². The van der Waals surface area contributed by atoms with Crippen LogP contribution in [-0.2, 0) is 22.7 Å². The topological polar surface area (TPSA) is 69.3 Å². The van der Waals surface area contributed by atoms with Crippen molar-refractivity contribution in [3.8, 4) is 17.2 Å². The summed E-state index contributed by atoms with van der Waals surface area (Å²) in [5.41, 5.74) is 3.14. The highest BCUT2D eigenvalue weighted by Gasteiger charge is 2.29. The van der Waals surface area contributed by atoms with Crippen molar-refractivity contribution in [2.24, 2.45) is 5.92 Å². The highest BCUT2D eigenvalue weighted by Crippen LogP contribution is 2.38. The minimum absolute atomic E-state index is 0.00263. The van der Waals surface area contributed by atoms with Crippen molar-refractivity contribution in [3.05, 3.63) is 83.2 Å². The Morgan fingerprint density at radius 1 is 1.00 bits per heavy atom. The van der Waals surface area contributed by atoms with Gasteiger partial charge in [-0.3, -0.25) is 9.69 Å². The average Bonchev–Trinajstić information content (AvgIpc) is 3.37. The maximum absolute atomic E-state index is 14.4. The van der Waals surface area contributed by atoms with Crippen LogP contribution in [0.25, 0.3) is 0 Å². The molecule has 1 atom stereocenters. The monoisotopic (exact) mass is 490 g/mol. The molecule has 0 spiro atoms. The van der Waals surface area contributed by atoms with Gasteiger partial charge in [-0.25, -0.2) is 4.39 Å². The number of halogens is 1. The first-order chi connectivity index (χ1) is 17.6. The smallest absolute Gasteiger partial charge is 0.231 e. The van der Waals surface area contributed by atoms with E-state index in [-0.39, 0.29) is 24.4 Å². The van der Waals surface area contributed by atoms with Crippen molar-refractivity contribution in [1.82, 2.24) is 4.90 Å². The van der Waals surface area contributed by atoms with Gasteiger partial charge in [0.25, 0.3) is 0 Å². The van der Waals surface area contributed by atoms with Gasteiger partial charge in [0.2, 0.25) is 19.0 Å². The minimum Gasteiger partial charge on any atom is -0.460 e. The minimum atomic E-state index is -0.520. The van der Waals surface area contributed by atoms with Gasteiger partial charge in [-0.15, -0.1) is 0 Å². The molecule has 3 aliphatic rings. The van der Waals surface area contributed by atoms with Crippen LogP contribution < -0.4 is 19.5 Å². The van der Waals surface area contributed by atoms with E-state index >= 15 is 0 Å². The number of rotatable bonds is 5. The molecule has 1 unspecified atom stereocenters. The summed E-state index contributed by atoms with van der Waals surface area (Å²) in [7, 11) is 0. The zero-order valence-corrected chi connectivity index (χ0v) is 19.7. The summed E-state index contributed by atoms with van der Waals surface area (Å²) in [6, 6.07) is 18.2. The maximum atomic E-state index is 14.4. The summed E-state index contributed by atoms with van der Waals surface area (Å²) >= 11 is 0. The standard InChI is InChI=1S/C28H27FN2O5/c29-22-12-20(26-21(13-22)16-33-28(36-26)19-4-2-1-3-5-19)15-31-10-8-18(9-11-31)27(32)30-23-6-7-24-25(14-23)35-17-34-24/h1-7,12-14,18,28H,8-11,15-17H2,(H,30,32). The van der Waals surface area contributed by atoms with E-state index in [0.717, 1.165) is 42.6 Å². The number of fused-ring (bicyclic) bond motifs is 2. The fourth-order valence-electron chi connectivity index (χ4n) is 4.98. The molecule has 3 aromatic rings. The number of nitrogens with zero attached hydrogens (tertiary/aromatic N) is 1. The number of amides is 1. The molecule has 0 bridgehead atoms. The quantitative estimate of drug-likeness (QED) is 0.542. The first-order valence-electron chi connectivity index (χ1n) is 12.2. The van der Waals surface area contributed by atoms with E-state index in [4.69, 9.17) is 18.9 Å². The lowest BCUT2D eigenvalue weighted by molar-refractivity contribution is -0.121. The predicted octanol–water partition coefficient (Wildman–Crippen LogP) is 5.01. The van der Waals surface area contributed by atoms with Crippen molar-refractivity contribution in [3.63, 3.8) is 0 Å². The van der Waals surface area contributed by atoms with E-state index in [0.29, 0.717) is 36.1 Å². The Morgan fingerprint density at radius 2 is 1.81 bits per heavy atom. The Labute approximate surface area is 208 Å². The van der Waals surface area contributed by atoms with Crippen LogP contribution in [0, 0.1) is 11.7 Å². The third-order valence-electron chi connectivity index (χ3n) is 6.89. The van der Waals surface area contributed by atoms with Gasteiger partial charge in [0.15, 0.2) is 11.5 Å². The Kier molecular flexibility index (Phi) is 6.21. The molecule has 6 rings (SSSR count). The molecule has 0 radical (unpaired) electrons. The lowest BCUT2D eigenvalue weighted by Gasteiger charge is -2.33. The molecule has 1 saturated heterocycles. The zero-order valence-electron chi connectivity index (χ0n) is 19.7. The molecule has 8 heteroatoms. The number of piperidine rings is 1. The van der Waals surface area contributed by atoms with E-state index < -0.39 is 6.29 Å². The molecular weight excluding hydrogens is 463 g/mol. The normalized spacial score (nSPS) is 19.4. The van der Waals surface area contributed by atoms with Crippen molar-refractivity contribution >= 4 is 11.6 Å². The molecule has 186 valence electrons. The molecule has 3 heterocycles. The Balaban J connectivity index is 1.09. The summed E-state index contributed by atoms with van der Waals surface area (Å²) < 4.78 is 37.2. The summed E-state index contributed by atoms with van der Waals surface area (Å²) in [4.78, 5) is 15.1. The first-order valence-corrected chi connectivity index (χ1v) is 12.2. The van der Waals surface area contributed by atoms with Crippen LogP contribution in [0.4, 0.5) is 10.1 Å². The fourth-order valence-corrected chi connectivity index (χ4v) is 4.98. The third kappa shape index (κ3) is 4.74. The van der Waals surface area contributed by atoms with Gasteiger partial charge in [-0.1, -0.05) is 30.3 Å². The second kappa shape index (κ2) is 9.79. The molecule has 3 aliphatic heterocycles. The van der Waals surface area contributed by atoms with Crippen molar-refractivity contribution < 1.29 is 28.1 Å². The van der Waals surface area contributed by atoms with Gasteiger partial charge in [-0.2, -0.15) is 0 Å². The molecule has 0 aromatic heterocycles. The van der Waals surface area contributed by atoms with Crippen LogP contribution in [-0.4, -0.2) is 30.7 Å². The van der Waals surface area contributed by atoms with Crippen LogP contribution in [0.1, 0.15) is 35.8 Å². The van der Waals surface area contributed by atoms with Crippen molar-refractivity contribution in [2.75, 3.05) is 25.2 Å². The second-order valence-electron chi connectivity index (χ2n) is 9.33. The summed E-state index contributed by atoms with van der Waals surface area (Å²) in [5.74, 6) is 1.64. The van der Waals surface area contributed by atoms with Gasteiger partial charge in [0.05, 0.1) is 6.61 Å². The average molecular weight is 491 g/mol. The first kappa shape index (κ1) is 22.8. The maximum Gasteiger partial charge on any atom is 0.231 e. The fraction of sp³-hybridized carbons (Fsp3) is 0.321. The zero-order chi connectivity index (χ0) is 24.5. The number of ether oxygens (including phenoxy) is 4. The Hall–Kier alpha value is -3.62. The molecule has 7 nitrogen and oxygen atoms in total. The molecular formula is C28H27FN2O5. The number of anilines is 1. The van der Waals surface area contributed by atoms with Gasteiger partial charge in [0.1, 0.15) is 11.6 Å². The summed E-state index contributed by atoms with van der Waals surface area (Å²) in [6.45, 7) is 2.52. The molecule has 3 aromatic carbocycles. The van der Waals surface area contributed by atoms with Crippen LogP contribution in [0.5, 0.6) is 17.2 Å². The van der Waals surface area contributed by atoms with Crippen LogP contribution in [0.15, 0.2) is 60.7 Å². The van der Waals surface area contributed by atoms with Gasteiger partial charge in [0, 0.05) is 40.9 Å². The van der Waals surface area contributed by atoms with E-state index in [1.165, 1.54) is 6.07 Å². The summed E-state index contributed by atoms with van der Waals surface area (Å²) in [6.07, 6.45) is 0.933. The number of carbonyl (C=O) groups is 1. The number of hydrogen-bond acceptors (Lipinski definition) is 6. The second-order valence-corrected chi connectivity index (χ2v) is 9.33. The van der Waals surface area contributed by atoms with E-state index in [1.54, 1.807) is 18.2 Å². The van der Waals surface area contributed by atoms with E-state index in [9.17, 15) is 9.18 Å². The van der Waals surface area contributed by atoms with Crippen molar-refractivity contribution in [2.45, 2.75) is 32.3 Å². The predicted molar refractivity (Wildman–Crippen MR) is 130 cm³/mol. The van der Waals surface area contributed by atoms with Gasteiger partial charge < -0.3 is 24.3 Å². The third-order valence-corrected chi connectivity index (χ3v) is 6.89. The molecule has 1 amide bonds. The lowest BCUT2D eigenvalue weighted by atomic mass is 9.95. The number of likely N-dealkylation sites (tertiary alicyclic amines) is 1. The SMILES string of the molecule is O=C(Nc1ccc2c(c1)OCO2)C1CCN(Cc2cc(F)cc3c2OC(c2ccccc2)OC3)CC1. The molecule has 1 N–H and O–H groups in total. The number of nitrogens with one attached hydrogen (secondary N) is 1.